The fourth-order valence-electron chi connectivity index (χ4n) is 3.41. The average Bonchev–Trinajstić information content (AvgIpc) is 2.75. The molecule has 0 fully saturated rings. The zero-order valence-corrected chi connectivity index (χ0v) is 16.1. The summed E-state index contributed by atoms with van der Waals surface area (Å²) in [7, 11) is 0. The Bertz CT molecular complexity index is 819. The van der Waals surface area contributed by atoms with E-state index in [9.17, 15) is 4.79 Å². The van der Waals surface area contributed by atoms with Gasteiger partial charge in [0, 0.05) is 27.7 Å². The minimum atomic E-state index is -0.0468. The second-order valence-corrected chi connectivity index (χ2v) is 7.55. The standard InChI is InChI=1S/C20H21INO/c1-5-22-13(2)20(3,4)17-16(22)12-11-15(18(17)21)19(23)14-9-7-6-8-10-14/h6-12H,5H2,1-4H3/q+1. The highest BCUT2D eigenvalue weighted by atomic mass is 127. The molecule has 0 radical (unpaired) electrons. The smallest absolute Gasteiger partial charge is 0.210 e. The summed E-state index contributed by atoms with van der Waals surface area (Å²) in [6, 6.07) is 13.6. The van der Waals surface area contributed by atoms with Gasteiger partial charge in [0.1, 0.15) is 6.54 Å². The average molecular weight is 418 g/mol. The number of carbonyl (C=O) groups is 1. The van der Waals surface area contributed by atoms with Gasteiger partial charge in [-0.25, -0.2) is 0 Å². The first-order valence-corrected chi connectivity index (χ1v) is 9.01. The van der Waals surface area contributed by atoms with Crippen LogP contribution in [0.1, 0.15) is 49.2 Å². The van der Waals surface area contributed by atoms with Crippen LogP contribution >= 0.6 is 22.6 Å². The molecule has 0 atom stereocenters. The number of ketones is 1. The molecule has 1 heterocycles. The maximum absolute atomic E-state index is 12.9. The SMILES string of the molecule is CC[N+]1=C(C)C(C)(C)c2c1ccc(C(=O)c1ccccc1)c2I. The van der Waals surface area contributed by atoms with Crippen LogP contribution < -0.4 is 0 Å². The Balaban J connectivity index is 2.17. The van der Waals surface area contributed by atoms with Crippen molar-refractivity contribution in [3.05, 3.63) is 62.7 Å². The number of halogens is 1. The van der Waals surface area contributed by atoms with Crippen molar-refractivity contribution in [2.24, 2.45) is 0 Å². The van der Waals surface area contributed by atoms with E-state index in [4.69, 9.17) is 0 Å². The quantitative estimate of drug-likeness (QED) is 0.393. The summed E-state index contributed by atoms with van der Waals surface area (Å²) in [4.78, 5) is 12.9. The van der Waals surface area contributed by atoms with E-state index in [0.717, 1.165) is 21.2 Å². The fourth-order valence-corrected chi connectivity index (χ4v) is 4.79. The van der Waals surface area contributed by atoms with Gasteiger partial charge in [-0.3, -0.25) is 4.79 Å². The molecule has 0 unspecified atom stereocenters. The summed E-state index contributed by atoms with van der Waals surface area (Å²) in [6.45, 7) is 9.80. The van der Waals surface area contributed by atoms with E-state index in [2.05, 4.69) is 60.9 Å². The molecular weight excluding hydrogens is 397 g/mol. The van der Waals surface area contributed by atoms with E-state index in [1.165, 1.54) is 17.0 Å². The molecule has 3 heteroatoms. The van der Waals surface area contributed by atoms with E-state index < -0.39 is 0 Å². The predicted molar refractivity (Wildman–Crippen MR) is 103 cm³/mol. The van der Waals surface area contributed by atoms with Gasteiger partial charge >= 0.3 is 0 Å². The summed E-state index contributed by atoms with van der Waals surface area (Å²) in [5, 5.41) is 0. The second-order valence-electron chi connectivity index (χ2n) is 6.47. The Morgan fingerprint density at radius 1 is 1.13 bits per heavy atom. The minimum Gasteiger partial charge on any atom is -0.289 e. The molecule has 0 spiro atoms. The van der Waals surface area contributed by atoms with E-state index in [1.807, 2.05) is 36.4 Å². The zero-order valence-electron chi connectivity index (χ0n) is 14.0. The van der Waals surface area contributed by atoms with Gasteiger partial charge in [-0.1, -0.05) is 30.3 Å². The largest absolute Gasteiger partial charge is 0.289 e. The number of carbonyl (C=O) groups excluding carboxylic acids is 1. The molecule has 23 heavy (non-hydrogen) atoms. The van der Waals surface area contributed by atoms with Crippen LogP contribution in [0.15, 0.2) is 42.5 Å². The van der Waals surface area contributed by atoms with Crippen LogP contribution in [0, 0.1) is 3.57 Å². The van der Waals surface area contributed by atoms with Gasteiger partial charge in [0.25, 0.3) is 0 Å². The van der Waals surface area contributed by atoms with Gasteiger partial charge in [-0.05, 0) is 49.4 Å². The molecular formula is C20H21INO+. The second kappa shape index (κ2) is 5.86. The lowest BCUT2D eigenvalue weighted by molar-refractivity contribution is -0.434. The Morgan fingerprint density at radius 2 is 1.78 bits per heavy atom. The van der Waals surface area contributed by atoms with Gasteiger partial charge in [-0.15, -0.1) is 0 Å². The van der Waals surface area contributed by atoms with Gasteiger partial charge in [-0.2, -0.15) is 4.58 Å². The first-order chi connectivity index (χ1) is 10.9. The summed E-state index contributed by atoms with van der Waals surface area (Å²) in [5.41, 5.74) is 5.36. The first-order valence-electron chi connectivity index (χ1n) is 7.94. The van der Waals surface area contributed by atoms with Crippen LogP contribution in [-0.2, 0) is 5.41 Å². The summed E-state index contributed by atoms with van der Waals surface area (Å²) >= 11 is 2.35. The molecule has 2 aromatic carbocycles. The van der Waals surface area contributed by atoms with Crippen molar-refractivity contribution in [2.45, 2.75) is 33.1 Å². The fraction of sp³-hybridized carbons (Fsp3) is 0.300. The third-order valence-corrected chi connectivity index (χ3v) is 6.06. The summed E-state index contributed by atoms with van der Waals surface area (Å²) < 4.78 is 3.43. The van der Waals surface area contributed by atoms with Crippen LogP contribution in [0.5, 0.6) is 0 Å². The molecule has 118 valence electrons. The molecule has 1 aliphatic heterocycles. The van der Waals surface area contributed by atoms with E-state index >= 15 is 0 Å². The molecule has 0 amide bonds. The molecule has 0 aromatic heterocycles. The highest BCUT2D eigenvalue weighted by Gasteiger charge is 2.44. The zero-order chi connectivity index (χ0) is 16.8. The Morgan fingerprint density at radius 3 is 2.39 bits per heavy atom. The minimum absolute atomic E-state index is 0.0468. The molecule has 3 rings (SSSR count). The van der Waals surface area contributed by atoms with Crippen molar-refractivity contribution in [3.8, 4) is 0 Å². The van der Waals surface area contributed by atoms with Crippen molar-refractivity contribution >= 4 is 39.8 Å². The lowest BCUT2D eigenvalue weighted by Gasteiger charge is -2.18. The molecule has 0 aliphatic carbocycles. The molecule has 2 nitrogen and oxygen atoms in total. The highest BCUT2D eigenvalue weighted by Crippen LogP contribution is 2.43. The Hall–Kier alpha value is -1.49. The summed E-state index contributed by atoms with van der Waals surface area (Å²) in [5.74, 6) is 0.0983. The number of rotatable bonds is 3. The Kier molecular flexibility index (Phi) is 4.17. The molecule has 0 saturated heterocycles. The van der Waals surface area contributed by atoms with Gasteiger partial charge in [0.2, 0.25) is 5.69 Å². The van der Waals surface area contributed by atoms with Crippen LogP contribution in [-0.4, -0.2) is 22.6 Å². The van der Waals surface area contributed by atoms with Gasteiger partial charge in [0.05, 0.1) is 11.0 Å². The van der Waals surface area contributed by atoms with Crippen LogP contribution in [0.3, 0.4) is 0 Å². The van der Waals surface area contributed by atoms with E-state index in [-0.39, 0.29) is 11.2 Å². The lowest BCUT2D eigenvalue weighted by Crippen LogP contribution is -2.27. The van der Waals surface area contributed by atoms with Crippen molar-refractivity contribution in [2.75, 3.05) is 6.54 Å². The van der Waals surface area contributed by atoms with Crippen LogP contribution in [0.2, 0.25) is 0 Å². The molecule has 2 aromatic rings. The molecule has 1 aliphatic rings. The number of hydrogen-bond donors (Lipinski definition) is 0. The number of nitrogens with zero attached hydrogens (tertiary/aromatic N) is 1. The van der Waals surface area contributed by atoms with Gasteiger partial charge in [0.15, 0.2) is 11.5 Å². The predicted octanol–water partition coefficient (Wildman–Crippen LogP) is 4.94. The maximum Gasteiger partial charge on any atom is 0.210 e. The number of fused-ring (bicyclic) bond motifs is 1. The summed E-state index contributed by atoms with van der Waals surface area (Å²) in [6.07, 6.45) is 0. The number of benzene rings is 2. The lowest BCUT2D eigenvalue weighted by atomic mass is 9.81. The van der Waals surface area contributed by atoms with Crippen molar-refractivity contribution in [3.63, 3.8) is 0 Å². The van der Waals surface area contributed by atoms with Gasteiger partial charge < -0.3 is 0 Å². The van der Waals surface area contributed by atoms with Crippen molar-refractivity contribution in [1.82, 2.24) is 0 Å². The molecule has 0 saturated carbocycles. The van der Waals surface area contributed by atoms with Crippen LogP contribution in [0.25, 0.3) is 0 Å². The molecule has 0 bridgehead atoms. The third kappa shape index (κ3) is 2.45. The van der Waals surface area contributed by atoms with Crippen LogP contribution in [0.4, 0.5) is 5.69 Å². The topological polar surface area (TPSA) is 20.1 Å². The first kappa shape index (κ1) is 16.4. The normalized spacial score (nSPS) is 15.7. The van der Waals surface area contributed by atoms with E-state index in [0.29, 0.717) is 0 Å². The maximum atomic E-state index is 12.9. The van der Waals surface area contributed by atoms with E-state index in [1.54, 1.807) is 0 Å². The third-order valence-electron chi connectivity index (χ3n) is 4.94. The highest BCUT2D eigenvalue weighted by molar-refractivity contribution is 14.1. The van der Waals surface area contributed by atoms with Crippen molar-refractivity contribution in [1.29, 1.82) is 0 Å². The number of hydrogen-bond acceptors (Lipinski definition) is 1. The molecule has 0 N–H and O–H groups in total. The van der Waals surface area contributed by atoms with Crippen molar-refractivity contribution < 1.29 is 9.37 Å². The monoisotopic (exact) mass is 418 g/mol. The Labute approximate surface area is 151 Å².